The van der Waals surface area contributed by atoms with Crippen molar-refractivity contribution in [3.05, 3.63) is 59.2 Å². The molecular weight excluding hydrogens is 424 g/mol. The summed E-state index contributed by atoms with van der Waals surface area (Å²) in [5, 5.41) is 11.2. The van der Waals surface area contributed by atoms with E-state index in [4.69, 9.17) is 14.2 Å². The Morgan fingerprint density at radius 3 is 2.18 bits per heavy atom. The fraction of sp³-hybridized carbons (Fsp3) is 0.360. The van der Waals surface area contributed by atoms with Gasteiger partial charge in [-0.05, 0) is 69.5 Å². The molecule has 3 rings (SSSR count). The van der Waals surface area contributed by atoms with Gasteiger partial charge in [-0.25, -0.2) is 0 Å². The second-order valence-electron chi connectivity index (χ2n) is 7.99. The summed E-state index contributed by atoms with van der Waals surface area (Å²) in [5.74, 6) is 0.0134. The summed E-state index contributed by atoms with van der Waals surface area (Å²) in [6.45, 7) is 1.08. The van der Waals surface area contributed by atoms with Gasteiger partial charge in [-0.15, -0.1) is 0 Å². The first kappa shape index (κ1) is 24.1. The van der Waals surface area contributed by atoms with Crippen LogP contribution in [0.3, 0.4) is 0 Å². The zero-order valence-electron chi connectivity index (χ0n) is 19.6. The zero-order valence-corrected chi connectivity index (χ0v) is 19.6. The van der Waals surface area contributed by atoms with Crippen LogP contribution in [0.25, 0.3) is 5.76 Å². The van der Waals surface area contributed by atoms with Crippen molar-refractivity contribution in [3.8, 4) is 17.2 Å². The third-order valence-electron chi connectivity index (χ3n) is 5.64. The van der Waals surface area contributed by atoms with Gasteiger partial charge in [0.1, 0.15) is 23.0 Å². The van der Waals surface area contributed by atoms with Crippen LogP contribution >= 0.6 is 0 Å². The topological polar surface area (TPSA) is 88.5 Å². The molecule has 0 bridgehead atoms. The molecule has 2 aromatic rings. The van der Waals surface area contributed by atoms with Crippen LogP contribution < -0.4 is 14.2 Å². The van der Waals surface area contributed by atoms with Crippen LogP contribution in [0.1, 0.15) is 23.6 Å². The number of aliphatic hydroxyl groups excluding tert-OH is 1. The molecule has 1 atom stereocenters. The largest absolute Gasteiger partial charge is 0.507 e. The van der Waals surface area contributed by atoms with Gasteiger partial charge < -0.3 is 29.1 Å². The van der Waals surface area contributed by atoms with Crippen molar-refractivity contribution in [2.24, 2.45) is 0 Å². The number of methoxy groups -OCH3 is 3. The Labute approximate surface area is 194 Å². The van der Waals surface area contributed by atoms with E-state index < -0.39 is 17.7 Å². The molecule has 2 aromatic carbocycles. The lowest BCUT2D eigenvalue weighted by Crippen LogP contribution is -2.32. The van der Waals surface area contributed by atoms with Gasteiger partial charge >= 0.3 is 0 Å². The first-order valence-electron chi connectivity index (χ1n) is 10.6. The number of nitrogens with zero attached hydrogens (tertiary/aromatic N) is 2. The highest BCUT2D eigenvalue weighted by Gasteiger charge is 2.47. The van der Waals surface area contributed by atoms with Gasteiger partial charge in [0.2, 0.25) is 0 Å². The number of aliphatic hydroxyl groups is 1. The van der Waals surface area contributed by atoms with E-state index in [0.717, 1.165) is 6.54 Å². The van der Waals surface area contributed by atoms with Crippen LogP contribution in [-0.2, 0) is 9.59 Å². The lowest BCUT2D eigenvalue weighted by molar-refractivity contribution is -0.140. The standard InChI is InChI=1S/C25H30N2O6/c1-26(2)13-6-14-27-22(19-15-18(32-4)11-12-20(19)33-5)21(24(29)25(27)30)23(28)16-7-9-17(31-3)10-8-16/h7-12,15,22,28H,6,13-14H2,1-5H3/t22-/m0/s1. The fourth-order valence-electron chi connectivity index (χ4n) is 3.95. The zero-order chi connectivity index (χ0) is 24.1. The molecular formula is C25H30N2O6. The number of hydrogen-bond acceptors (Lipinski definition) is 7. The SMILES string of the molecule is COc1ccc(C(O)=C2C(=O)C(=O)N(CCCN(C)C)[C@H]2c2cc(OC)ccc2OC)cc1. The van der Waals surface area contributed by atoms with Crippen molar-refractivity contribution in [2.45, 2.75) is 12.5 Å². The monoisotopic (exact) mass is 454 g/mol. The van der Waals surface area contributed by atoms with Crippen molar-refractivity contribution in [3.63, 3.8) is 0 Å². The highest BCUT2D eigenvalue weighted by molar-refractivity contribution is 6.46. The third-order valence-corrected chi connectivity index (χ3v) is 5.64. The molecule has 1 heterocycles. The van der Waals surface area contributed by atoms with Gasteiger partial charge in [0.15, 0.2) is 0 Å². The highest BCUT2D eigenvalue weighted by atomic mass is 16.5. The number of ether oxygens (including phenoxy) is 3. The molecule has 1 saturated heterocycles. The maximum Gasteiger partial charge on any atom is 0.295 e. The Morgan fingerprint density at radius 1 is 0.970 bits per heavy atom. The summed E-state index contributed by atoms with van der Waals surface area (Å²) < 4.78 is 16.1. The van der Waals surface area contributed by atoms with E-state index in [-0.39, 0.29) is 11.3 Å². The summed E-state index contributed by atoms with van der Waals surface area (Å²) in [5.41, 5.74) is 0.992. The van der Waals surface area contributed by atoms with Crippen LogP contribution in [0.15, 0.2) is 48.0 Å². The van der Waals surface area contributed by atoms with Crippen molar-refractivity contribution >= 4 is 17.4 Å². The molecule has 1 fully saturated rings. The van der Waals surface area contributed by atoms with E-state index in [9.17, 15) is 14.7 Å². The summed E-state index contributed by atoms with van der Waals surface area (Å²) in [7, 11) is 8.49. The molecule has 0 spiro atoms. The van der Waals surface area contributed by atoms with Crippen LogP contribution in [0.2, 0.25) is 0 Å². The quantitative estimate of drug-likeness (QED) is 0.354. The first-order valence-corrected chi connectivity index (χ1v) is 10.6. The Balaban J connectivity index is 2.17. The lowest BCUT2D eigenvalue weighted by Gasteiger charge is -2.27. The minimum atomic E-state index is -0.820. The van der Waals surface area contributed by atoms with Crippen LogP contribution in [-0.4, -0.2) is 75.1 Å². The molecule has 0 unspecified atom stereocenters. The summed E-state index contributed by atoms with van der Waals surface area (Å²) >= 11 is 0. The minimum absolute atomic E-state index is 0.0153. The predicted octanol–water partition coefficient (Wildman–Crippen LogP) is 3.09. The summed E-state index contributed by atoms with van der Waals surface area (Å²) in [4.78, 5) is 29.8. The van der Waals surface area contributed by atoms with Gasteiger partial charge in [-0.1, -0.05) is 0 Å². The Kier molecular flexibility index (Phi) is 7.60. The maximum atomic E-state index is 13.2. The molecule has 0 aromatic heterocycles. The van der Waals surface area contributed by atoms with E-state index >= 15 is 0 Å². The van der Waals surface area contributed by atoms with Crippen molar-refractivity contribution in [2.75, 3.05) is 48.5 Å². The molecule has 8 nitrogen and oxygen atoms in total. The van der Waals surface area contributed by atoms with Crippen molar-refractivity contribution in [1.29, 1.82) is 0 Å². The Morgan fingerprint density at radius 2 is 1.61 bits per heavy atom. The van der Waals surface area contributed by atoms with Crippen LogP contribution in [0.5, 0.6) is 17.2 Å². The van der Waals surface area contributed by atoms with Gasteiger partial charge in [0.25, 0.3) is 11.7 Å². The Bertz CT molecular complexity index is 1050. The van der Waals surface area contributed by atoms with Crippen LogP contribution in [0.4, 0.5) is 0 Å². The average molecular weight is 455 g/mol. The highest BCUT2D eigenvalue weighted by Crippen LogP contribution is 2.44. The lowest BCUT2D eigenvalue weighted by atomic mass is 9.94. The van der Waals surface area contributed by atoms with Crippen molar-refractivity contribution < 1.29 is 28.9 Å². The van der Waals surface area contributed by atoms with Gasteiger partial charge in [0, 0.05) is 17.7 Å². The normalized spacial score (nSPS) is 17.5. The Hall–Kier alpha value is -3.52. The number of Topliss-reactive ketones (excluding diaryl/α,β-unsaturated/α-hetero) is 1. The van der Waals surface area contributed by atoms with Gasteiger partial charge in [-0.3, -0.25) is 9.59 Å². The molecule has 1 aliphatic heterocycles. The van der Waals surface area contributed by atoms with Gasteiger partial charge in [0.05, 0.1) is 32.9 Å². The molecule has 1 aliphatic rings. The molecule has 1 N–H and O–H groups in total. The number of amides is 1. The molecule has 8 heteroatoms. The molecule has 33 heavy (non-hydrogen) atoms. The van der Waals surface area contributed by atoms with Crippen molar-refractivity contribution in [1.82, 2.24) is 9.80 Å². The summed E-state index contributed by atoms with van der Waals surface area (Å²) in [6.07, 6.45) is 0.658. The predicted molar refractivity (Wildman–Crippen MR) is 125 cm³/mol. The molecule has 1 amide bonds. The van der Waals surface area contributed by atoms with E-state index in [2.05, 4.69) is 0 Å². The second kappa shape index (κ2) is 10.4. The van der Waals surface area contributed by atoms with E-state index in [1.807, 2.05) is 19.0 Å². The molecule has 0 radical (unpaired) electrons. The third kappa shape index (κ3) is 4.96. The average Bonchev–Trinajstić information content (AvgIpc) is 3.07. The number of benzene rings is 2. The first-order chi connectivity index (χ1) is 15.8. The number of carbonyl (C=O) groups is 2. The fourth-order valence-corrected chi connectivity index (χ4v) is 3.95. The van der Waals surface area contributed by atoms with Crippen LogP contribution in [0, 0.1) is 0 Å². The summed E-state index contributed by atoms with van der Waals surface area (Å²) in [6, 6.07) is 11.0. The maximum absolute atomic E-state index is 13.2. The number of hydrogen-bond donors (Lipinski definition) is 1. The second-order valence-corrected chi connectivity index (χ2v) is 7.99. The smallest absolute Gasteiger partial charge is 0.295 e. The number of carbonyl (C=O) groups excluding carboxylic acids is 2. The molecule has 176 valence electrons. The number of likely N-dealkylation sites (tertiary alicyclic amines) is 1. The number of rotatable bonds is 9. The van der Waals surface area contributed by atoms with Gasteiger partial charge in [-0.2, -0.15) is 0 Å². The minimum Gasteiger partial charge on any atom is -0.507 e. The molecule has 0 aliphatic carbocycles. The van der Waals surface area contributed by atoms with E-state index in [1.165, 1.54) is 19.1 Å². The van der Waals surface area contributed by atoms with E-state index in [0.29, 0.717) is 41.3 Å². The number of ketones is 1. The molecule has 0 saturated carbocycles. The van der Waals surface area contributed by atoms with E-state index in [1.54, 1.807) is 49.6 Å².